The van der Waals surface area contributed by atoms with Gasteiger partial charge in [0.1, 0.15) is 11.9 Å². The second-order valence-corrected chi connectivity index (χ2v) is 6.76. The topological polar surface area (TPSA) is 63.4 Å². The van der Waals surface area contributed by atoms with Gasteiger partial charge in [-0.1, -0.05) is 48.5 Å². The van der Waals surface area contributed by atoms with Crippen LogP contribution < -0.4 is 5.73 Å². The summed E-state index contributed by atoms with van der Waals surface area (Å²) < 4.78 is 42.2. The number of halogens is 3. The van der Waals surface area contributed by atoms with Gasteiger partial charge in [0.2, 0.25) is 5.91 Å². The number of carbonyl (C=O) groups is 2. The number of nitrogens with zero attached hydrogens (tertiary/aromatic N) is 1. The zero-order valence-corrected chi connectivity index (χ0v) is 16.1. The first kappa shape index (κ1) is 21.1. The Hall–Kier alpha value is -3.61. The smallest absolute Gasteiger partial charge is 0.255 e. The van der Waals surface area contributed by atoms with Gasteiger partial charge in [0.05, 0.1) is 6.04 Å². The number of hydrogen-bond donors (Lipinski definition) is 1. The molecule has 2 amide bonds. The van der Waals surface area contributed by atoms with E-state index >= 15 is 0 Å². The van der Waals surface area contributed by atoms with Crippen LogP contribution in [0.15, 0.2) is 72.8 Å². The van der Waals surface area contributed by atoms with Crippen LogP contribution in [0, 0.1) is 17.5 Å². The standard InChI is InChI=1S/C23H19F3N2O2/c1-14(18-12-17(24)13-19(25)20(18)26)28(23(30)16-10-6-3-7-11-16)21(22(27)29)15-8-4-2-5-9-15/h2-14,21H,1H3,(H2,27,29)/t14-,21-/m1/s1. The van der Waals surface area contributed by atoms with Crippen LogP contribution in [0.25, 0.3) is 0 Å². The van der Waals surface area contributed by atoms with E-state index in [0.29, 0.717) is 11.6 Å². The molecule has 30 heavy (non-hydrogen) atoms. The van der Waals surface area contributed by atoms with Crippen LogP contribution in [0.2, 0.25) is 0 Å². The fraction of sp³-hybridized carbons (Fsp3) is 0.130. The van der Waals surface area contributed by atoms with Gasteiger partial charge in [0.15, 0.2) is 11.6 Å². The lowest BCUT2D eigenvalue weighted by atomic mass is 9.97. The molecule has 4 nitrogen and oxygen atoms in total. The van der Waals surface area contributed by atoms with Gasteiger partial charge in [0.25, 0.3) is 5.91 Å². The Morgan fingerprint density at radius 3 is 2.03 bits per heavy atom. The lowest BCUT2D eigenvalue weighted by Gasteiger charge is -2.35. The molecule has 0 saturated carbocycles. The van der Waals surface area contributed by atoms with Crippen LogP contribution in [0.5, 0.6) is 0 Å². The summed E-state index contributed by atoms with van der Waals surface area (Å²) in [7, 11) is 0. The highest BCUT2D eigenvalue weighted by Gasteiger charge is 2.36. The monoisotopic (exact) mass is 412 g/mol. The number of carbonyl (C=O) groups excluding carboxylic acids is 2. The number of hydrogen-bond acceptors (Lipinski definition) is 2. The second kappa shape index (κ2) is 8.82. The highest BCUT2D eigenvalue weighted by atomic mass is 19.2. The minimum absolute atomic E-state index is 0.212. The van der Waals surface area contributed by atoms with Crippen LogP contribution in [0.3, 0.4) is 0 Å². The second-order valence-electron chi connectivity index (χ2n) is 6.76. The Balaban J connectivity index is 2.19. The zero-order valence-electron chi connectivity index (χ0n) is 16.1. The molecule has 0 aromatic heterocycles. The maximum Gasteiger partial charge on any atom is 0.255 e. The Morgan fingerprint density at radius 2 is 1.47 bits per heavy atom. The molecular weight excluding hydrogens is 393 g/mol. The zero-order chi connectivity index (χ0) is 21.8. The molecule has 0 fully saturated rings. The maximum atomic E-state index is 14.5. The summed E-state index contributed by atoms with van der Waals surface area (Å²) in [5.41, 5.74) is 5.82. The lowest BCUT2D eigenvalue weighted by Crippen LogP contribution is -2.43. The first-order chi connectivity index (χ1) is 14.3. The quantitative estimate of drug-likeness (QED) is 0.605. The minimum Gasteiger partial charge on any atom is -0.368 e. The maximum absolute atomic E-state index is 14.5. The molecule has 3 aromatic rings. The predicted octanol–water partition coefficient (Wildman–Crippen LogP) is 4.53. The molecule has 0 radical (unpaired) electrons. The third-order valence-corrected chi connectivity index (χ3v) is 4.81. The van der Waals surface area contributed by atoms with Crippen molar-refractivity contribution in [3.05, 3.63) is 107 Å². The molecule has 0 bridgehead atoms. The number of primary amides is 1. The number of amides is 2. The van der Waals surface area contributed by atoms with Gasteiger partial charge in [-0.3, -0.25) is 9.59 Å². The molecule has 0 unspecified atom stereocenters. The van der Waals surface area contributed by atoms with E-state index in [2.05, 4.69) is 0 Å². The Kier molecular flexibility index (Phi) is 6.20. The summed E-state index contributed by atoms with van der Waals surface area (Å²) in [6.45, 7) is 1.39. The molecule has 0 spiro atoms. The van der Waals surface area contributed by atoms with Crippen LogP contribution in [0.1, 0.15) is 40.5 Å². The first-order valence-corrected chi connectivity index (χ1v) is 9.17. The summed E-state index contributed by atoms with van der Waals surface area (Å²) in [5, 5.41) is 0. The number of nitrogens with two attached hydrogens (primary N) is 1. The van der Waals surface area contributed by atoms with Crippen molar-refractivity contribution in [2.45, 2.75) is 19.0 Å². The van der Waals surface area contributed by atoms with E-state index < -0.39 is 46.9 Å². The van der Waals surface area contributed by atoms with Crippen LogP contribution >= 0.6 is 0 Å². The highest BCUT2D eigenvalue weighted by Crippen LogP contribution is 2.34. The molecule has 0 heterocycles. The SMILES string of the molecule is C[C@H](c1cc(F)cc(F)c1F)N(C(=O)c1ccccc1)[C@@H](C(N)=O)c1ccccc1. The Bertz CT molecular complexity index is 1060. The Labute approximate surface area is 171 Å². The van der Waals surface area contributed by atoms with Gasteiger partial charge in [-0.25, -0.2) is 13.2 Å². The fourth-order valence-electron chi connectivity index (χ4n) is 3.37. The molecule has 0 saturated heterocycles. The van der Waals surface area contributed by atoms with Crippen molar-refractivity contribution in [3.8, 4) is 0 Å². The molecule has 3 aromatic carbocycles. The Morgan fingerprint density at radius 1 is 0.900 bits per heavy atom. The summed E-state index contributed by atoms with van der Waals surface area (Å²) in [5.74, 6) is -5.20. The number of benzene rings is 3. The minimum atomic E-state index is -1.39. The van der Waals surface area contributed by atoms with Gasteiger partial charge in [-0.15, -0.1) is 0 Å². The summed E-state index contributed by atoms with van der Waals surface area (Å²) in [6.07, 6.45) is 0. The van der Waals surface area contributed by atoms with Crippen molar-refractivity contribution >= 4 is 11.8 Å². The molecule has 0 aliphatic heterocycles. The third kappa shape index (κ3) is 4.20. The van der Waals surface area contributed by atoms with Crippen molar-refractivity contribution in [2.24, 2.45) is 5.73 Å². The normalized spacial score (nSPS) is 12.8. The molecule has 154 valence electrons. The summed E-state index contributed by atoms with van der Waals surface area (Å²) in [6, 6.07) is 14.9. The van der Waals surface area contributed by atoms with E-state index in [0.717, 1.165) is 11.0 Å². The molecule has 0 aliphatic rings. The van der Waals surface area contributed by atoms with Crippen molar-refractivity contribution in [1.29, 1.82) is 0 Å². The van der Waals surface area contributed by atoms with Gasteiger partial charge >= 0.3 is 0 Å². The highest BCUT2D eigenvalue weighted by molar-refractivity contribution is 5.98. The van der Waals surface area contributed by atoms with Crippen LogP contribution in [-0.2, 0) is 4.79 Å². The predicted molar refractivity (Wildman–Crippen MR) is 106 cm³/mol. The number of rotatable bonds is 6. The van der Waals surface area contributed by atoms with E-state index in [1.807, 2.05) is 0 Å². The largest absolute Gasteiger partial charge is 0.368 e. The lowest BCUT2D eigenvalue weighted by molar-refractivity contribution is -0.123. The average molecular weight is 412 g/mol. The van der Waals surface area contributed by atoms with Gasteiger partial charge in [-0.05, 0) is 30.7 Å². The van der Waals surface area contributed by atoms with E-state index in [1.165, 1.54) is 19.1 Å². The van der Waals surface area contributed by atoms with Crippen molar-refractivity contribution in [3.63, 3.8) is 0 Å². The van der Waals surface area contributed by atoms with Gasteiger partial charge in [0, 0.05) is 17.2 Å². The molecule has 0 aliphatic carbocycles. The molecule has 2 atom stereocenters. The molecule has 7 heteroatoms. The van der Waals surface area contributed by atoms with Gasteiger partial charge in [-0.2, -0.15) is 0 Å². The van der Waals surface area contributed by atoms with E-state index in [1.54, 1.807) is 48.5 Å². The van der Waals surface area contributed by atoms with Gasteiger partial charge < -0.3 is 10.6 Å². The third-order valence-electron chi connectivity index (χ3n) is 4.81. The average Bonchev–Trinajstić information content (AvgIpc) is 2.74. The van der Waals surface area contributed by atoms with Crippen molar-refractivity contribution in [2.75, 3.05) is 0 Å². The van der Waals surface area contributed by atoms with E-state index in [9.17, 15) is 22.8 Å². The van der Waals surface area contributed by atoms with E-state index in [-0.39, 0.29) is 5.56 Å². The van der Waals surface area contributed by atoms with Crippen molar-refractivity contribution < 1.29 is 22.8 Å². The summed E-state index contributed by atoms with van der Waals surface area (Å²) >= 11 is 0. The first-order valence-electron chi connectivity index (χ1n) is 9.17. The summed E-state index contributed by atoms with van der Waals surface area (Å²) in [4.78, 5) is 26.8. The van der Waals surface area contributed by atoms with Crippen LogP contribution in [0.4, 0.5) is 13.2 Å². The van der Waals surface area contributed by atoms with Crippen LogP contribution in [-0.4, -0.2) is 16.7 Å². The van der Waals surface area contributed by atoms with E-state index in [4.69, 9.17) is 5.73 Å². The van der Waals surface area contributed by atoms with Crippen molar-refractivity contribution in [1.82, 2.24) is 4.90 Å². The fourth-order valence-corrected chi connectivity index (χ4v) is 3.37. The molecule has 2 N–H and O–H groups in total. The molecule has 3 rings (SSSR count). The molecular formula is C23H19F3N2O2.